The molecular weight excluding hydrogens is 556 g/mol. The molecule has 2 fully saturated rings. The summed E-state index contributed by atoms with van der Waals surface area (Å²) in [6, 6.07) is 12.4. The first-order valence-electron chi connectivity index (χ1n) is 11.3. The molecule has 8 heteroatoms. The van der Waals surface area contributed by atoms with E-state index in [-0.39, 0.29) is 23.3 Å². The van der Waals surface area contributed by atoms with Crippen molar-refractivity contribution >= 4 is 38.3 Å². The molecule has 2 aromatic carbocycles. The zero-order chi connectivity index (χ0) is 23.6. The summed E-state index contributed by atoms with van der Waals surface area (Å²) in [4.78, 5) is 15.2. The van der Waals surface area contributed by atoms with E-state index in [1.54, 1.807) is 12.0 Å². The molecule has 1 atom stereocenters. The van der Waals surface area contributed by atoms with Crippen molar-refractivity contribution < 1.29 is 22.3 Å². The first kappa shape index (κ1) is 24.6. The van der Waals surface area contributed by atoms with Crippen LogP contribution in [0.5, 0.6) is 0 Å². The van der Waals surface area contributed by atoms with Crippen LogP contribution in [0.3, 0.4) is 0 Å². The largest absolute Gasteiger partial charge is 0.384 e. The number of carbonyl (C=O) groups excluding carboxylic acids is 1. The summed E-state index contributed by atoms with van der Waals surface area (Å²) in [6.45, 7) is 1.23. The van der Waals surface area contributed by atoms with Crippen LogP contribution < -0.4 is 0 Å². The van der Waals surface area contributed by atoms with Crippen LogP contribution >= 0.6 is 22.6 Å². The summed E-state index contributed by atoms with van der Waals surface area (Å²) in [7, 11) is -2.17. The molecule has 0 bridgehead atoms. The molecule has 1 aliphatic heterocycles. The Bertz CT molecular complexity index is 1080. The number of methoxy groups -OCH3 is 1. The summed E-state index contributed by atoms with van der Waals surface area (Å²) >= 11 is 2.19. The minimum Gasteiger partial charge on any atom is -0.384 e. The van der Waals surface area contributed by atoms with Gasteiger partial charge in [0.15, 0.2) is 9.84 Å². The van der Waals surface area contributed by atoms with E-state index in [4.69, 9.17) is 4.74 Å². The predicted molar refractivity (Wildman–Crippen MR) is 133 cm³/mol. The van der Waals surface area contributed by atoms with Gasteiger partial charge in [0.25, 0.3) is 0 Å². The molecule has 33 heavy (non-hydrogen) atoms. The third-order valence-electron chi connectivity index (χ3n) is 7.15. The van der Waals surface area contributed by atoms with Crippen LogP contribution in [0.4, 0.5) is 4.39 Å². The van der Waals surface area contributed by atoms with Crippen molar-refractivity contribution in [1.29, 1.82) is 0 Å². The number of sulfone groups is 1. The number of carbonyl (C=O) groups is 1. The van der Waals surface area contributed by atoms with Crippen LogP contribution in [0.25, 0.3) is 0 Å². The quantitative estimate of drug-likeness (QED) is 0.362. The van der Waals surface area contributed by atoms with E-state index in [0.29, 0.717) is 24.4 Å². The zero-order valence-corrected chi connectivity index (χ0v) is 21.6. The Hall–Kier alpha value is -1.52. The maximum absolute atomic E-state index is 13.9. The Morgan fingerprint density at radius 1 is 1.09 bits per heavy atom. The molecule has 0 aromatic heterocycles. The van der Waals surface area contributed by atoms with Gasteiger partial charge in [-0.25, -0.2) is 12.8 Å². The smallest absolute Gasteiger partial charge is 0.225 e. The molecule has 1 heterocycles. The molecule has 0 spiro atoms. The lowest BCUT2D eigenvalue weighted by Crippen LogP contribution is -2.42. The second-order valence-electron chi connectivity index (χ2n) is 9.14. The van der Waals surface area contributed by atoms with Gasteiger partial charge in [-0.3, -0.25) is 4.79 Å². The first-order chi connectivity index (χ1) is 15.8. The van der Waals surface area contributed by atoms with Gasteiger partial charge in [0.2, 0.25) is 5.91 Å². The number of nitrogens with zero attached hydrogens (tertiary/aromatic N) is 1. The summed E-state index contributed by atoms with van der Waals surface area (Å²) in [5.41, 5.74) is 0.673. The highest BCUT2D eigenvalue weighted by atomic mass is 127. The van der Waals surface area contributed by atoms with Crippen LogP contribution in [0.1, 0.15) is 37.7 Å². The van der Waals surface area contributed by atoms with Gasteiger partial charge in [-0.2, -0.15) is 0 Å². The number of ether oxygens (including phenoxy) is 1. The van der Waals surface area contributed by atoms with E-state index in [2.05, 4.69) is 22.6 Å². The van der Waals surface area contributed by atoms with Crippen molar-refractivity contribution in [2.75, 3.05) is 26.8 Å². The van der Waals surface area contributed by atoms with E-state index in [9.17, 15) is 17.6 Å². The molecule has 4 rings (SSSR count). The van der Waals surface area contributed by atoms with E-state index >= 15 is 0 Å². The van der Waals surface area contributed by atoms with Crippen molar-refractivity contribution in [3.63, 3.8) is 0 Å². The minimum atomic E-state index is -3.88. The molecule has 5 nitrogen and oxygen atoms in total. The Morgan fingerprint density at radius 3 is 2.33 bits per heavy atom. The summed E-state index contributed by atoms with van der Waals surface area (Å²) in [6.07, 6.45) is 3.84. The fourth-order valence-corrected chi connectivity index (χ4v) is 7.68. The van der Waals surface area contributed by atoms with Gasteiger partial charge in [0.1, 0.15) is 10.6 Å². The summed E-state index contributed by atoms with van der Waals surface area (Å²) in [5.74, 6) is -0.0151. The monoisotopic (exact) mass is 585 g/mol. The highest BCUT2D eigenvalue weighted by Gasteiger charge is 2.52. The Morgan fingerprint density at radius 2 is 1.73 bits per heavy atom. The van der Waals surface area contributed by atoms with Gasteiger partial charge < -0.3 is 9.64 Å². The number of hydrogen-bond acceptors (Lipinski definition) is 4. The number of likely N-dealkylation sites (tertiary alicyclic amines) is 1. The second kappa shape index (κ2) is 10.00. The number of amides is 1. The molecule has 0 unspecified atom stereocenters. The minimum absolute atomic E-state index is 0.0487. The first-order valence-corrected chi connectivity index (χ1v) is 13.9. The van der Waals surface area contributed by atoms with Crippen LogP contribution in [0, 0.1) is 21.2 Å². The van der Waals surface area contributed by atoms with Gasteiger partial charge in [0.05, 0.1) is 4.90 Å². The molecule has 178 valence electrons. The average Bonchev–Trinajstić information content (AvgIpc) is 3.27. The molecule has 2 aliphatic rings. The lowest BCUT2D eigenvalue weighted by Gasteiger charge is -2.32. The highest BCUT2D eigenvalue weighted by Crippen LogP contribution is 2.44. The molecule has 1 aliphatic carbocycles. The van der Waals surface area contributed by atoms with E-state index < -0.39 is 20.4 Å². The summed E-state index contributed by atoms with van der Waals surface area (Å²) in [5, 5.41) is 0. The second-order valence-corrected chi connectivity index (χ2v) is 12.6. The van der Waals surface area contributed by atoms with Crippen molar-refractivity contribution in [3.05, 3.63) is 63.5 Å². The summed E-state index contributed by atoms with van der Waals surface area (Å²) < 4.78 is 46.4. The van der Waals surface area contributed by atoms with E-state index in [0.717, 1.165) is 35.9 Å². The molecule has 1 amide bonds. The van der Waals surface area contributed by atoms with Crippen molar-refractivity contribution in [2.24, 2.45) is 11.8 Å². The molecule has 0 radical (unpaired) electrons. The Labute approximate surface area is 208 Å². The molecule has 0 N–H and O–H groups in total. The maximum Gasteiger partial charge on any atom is 0.225 e. The fourth-order valence-electron chi connectivity index (χ4n) is 5.24. The predicted octanol–water partition coefficient (Wildman–Crippen LogP) is 4.78. The normalized spacial score (nSPS) is 25.8. The van der Waals surface area contributed by atoms with Gasteiger partial charge in [-0.1, -0.05) is 12.1 Å². The van der Waals surface area contributed by atoms with Crippen molar-refractivity contribution in [3.8, 4) is 0 Å². The molecule has 1 saturated heterocycles. The van der Waals surface area contributed by atoms with Crippen LogP contribution in [0.15, 0.2) is 53.4 Å². The number of hydrogen-bond donors (Lipinski definition) is 0. The van der Waals surface area contributed by atoms with Gasteiger partial charge >= 0.3 is 0 Å². The lowest BCUT2D eigenvalue weighted by atomic mass is 9.81. The molecule has 1 saturated carbocycles. The SMILES string of the molecule is COCC1CCC(C(=O)N2CC[C@](c3ccc(I)cc3)(S(=O)(=O)c3ccc(F)cc3)C2)CC1. The van der Waals surface area contributed by atoms with E-state index in [1.165, 1.54) is 24.3 Å². The third kappa shape index (κ3) is 4.84. The van der Waals surface area contributed by atoms with Crippen molar-refractivity contribution in [2.45, 2.75) is 41.7 Å². The number of benzene rings is 2. The number of halogens is 2. The van der Waals surface area contributed by atoms with Gasteiger partial charge in [-0.15, -0.1) is 0 Å². The standard InChI is InChI=1S/C25H29FINO4S/c1-32-16-18-2-4-19(5-3-18)24(29)28-15-14-25(17-28,20-6-10-22(27)11-7-20)33(30,31)23-12-8-21(26)9-13-23/h6-13,18-19H,2-5,14-17H2,1H3/t18?,19?,25-/m0/s1. The number of rotatable bonds is 6. The van der Waals surface area contributed by atoms with Crippen LogP contribution in [-0.2, 0) is 24.1 Å². The highest BCUT2D eigenvalue weighted by molar-refractivity contribution is 14.1. The van der Waals surface area contributed by atoms with Gasteiger partial charge in [0, 0.05) is 36.3 Å². The lowest BCUT2D eigenvalue weighted by molar-refractivity contribution is -0.136. The Kier molecular flexibility index (Phi) is 7.45. The molecular formula is C25H29FINO4S. The molecule has 2 aromatic rings. The van der Waals surface area contributed by atoms with E-state index in [1.807, 2.05) is 24.3 Å². The van der Waals surface area contributed by atoms with Crippen LogP contribution in [0.2, 0.25) is 0 Å². The topological polar surface area (TPSA) is 63.7 Å². The Balaban J connectivity index is 1.63. The van der Waals surface area contributed by atoms with Gasteiger partial charge in [-0.05, 0) is 103 Å². The third-order valence-corrected chi connectivity index (χ3v) is 10.4. The van der Waals surface area contributed by atoms with Crippen molar-refractivity contribution in [1.82, 2.24) is 4.90 Å². The average molecular weight is 585 g/mol. The maximum atomic E-state index is 13.9. The fraction of sp³-hybridized carbons (Fsp3) is 0.480. The zero-order valence-electron chi connectivity index (χ0n) is 18.7. The van der Waals surface area contributed by atoms with Crippen LogP contribution in [-0.4, -0.2) is 46.0 Å².